The maximum atomic E-state index is 12.9. The van der Waals surface area contributed by atoms with Gasteiger partial charge in [0.25, 0.3) is 0 Å². The summed E-state index contributed by atoms with van der Waals surface area (Å²) in [5.41, 5.74) is 8.19. The molecular formula is C20H20FN3O2S. The van der Waals surface area contributed by atoms with Crippen molar-refractivity contribution in [1.82, 2.24) is 9.97 Å². The number of hydrogen-bond donors (Lipinski definition) is 1. The molecular weight excluding hydrogens is 365 g/mol. The highest BCUT2D eigenvalue weighted by molar-refractivity contribution is 7.19. The highest BCUT2D eigenvalue weighted by atomic mass is 32.1. The van der Waals surface area contributed by atoms with E-state index in [9.17, 15) is 9.18 Å². The van der Waals surface area contributed by atoms with Crippen LogP contribution < -0.4 is 5.73 Å². The largest absolute Gasteiger partial charge is 0.457 e. The van der Waals surface area contributed by atoms with Crippen LogP contribution in [0.15, 0.2) is 24.3 Å². The first-order valence-electron chi connectivity index (χ1n) is 9.07. The van der Waals surface area contributed by atoms with E-state index in [4.69, 9.17) is 10.5 Å². The lowest BCUT2D eigenvalue weighted by Gasteiger charge is -2.06. The van der Waals surface area contributed by atoms with Gasteiger partial charge in [0.2, 0.25) is 0 Å². The molecule has 2 aromatic heterocycles. The Bertz CT molecular complexity index is 985. The van der Waals surface area contributed by atoms with Gasteiger partial charge in [-0.05, 0) is 48.9 Å². The summed E-state index contributed by atoms with van der Waals surface area (Å²) >= 11 is 1.67. The summed E-state index contributed by atoms with van der Waals surface area (Å²) in [7, 11) is 0. The maximum absolute atomic E-state index is 12.9. The number of ether oxygens (including phenoxy) is 1. The minimum atomic E-state index is -0.411. The molecule has 0 saturated carbocycles. The van der Waals surface area contributed by atoms with Gasteiger partial charge in [-0.1, -0.05) is 18.6 Å². The van der Waals surface area contributed by atoms with E-state index in [2.05, 4.69) is 9.97 Å². The van der Waals surface area contributed by atoms with Gasteiger partial charge in [0.15, 0.2) is 12.4 Å². The highest BCUT2D eigenvalue weighted by Crippen LogP contribution is 2.37. The highest BCUT2D eigenvalue weighted by Gasteiger charge is 2.19. The van der Waals surface area contributed by atoms with Crippen molar-refractivity contribution in [2.45, 2.75) is 45.1 Å². The number of hydrogen-bond acceptors (Lipinski definition) is 6. The SMILES string of the molecule is Nc1nc(COC(=O)Cc2ccc(F)cc2)nc2sc3c(c12)CCCCC3. The zero-order chi connectivity index (χ0) is 18.8. The molecule has 140 valence electrons. The minimum absolute atomic E-state index is 0.0251. The second kappa shape index (κ2) is 7.60. The van der Waals surface area contributed by atoms with E-state index in [1.807, 2.05) is 0 Å². The predicted octanol–water partition coefficient (Wildman–Crippen LogP) is 3.97. The number of nitrogens with zero attached hydrogens (tertiary/aromatic N) is 2. The van der Waals surface area contributed by atoms with Crippen LogP contribution in [-0.4, -0.2) is 15.9 Å². The molecule has 0 atom stereocenters. The van der Waals surface area contributed by atoms with Crippen molar-refractivity contribution in [3.05, 3.63) is 51.9 Å². The average molecular weight is 385 g/mol. The van der Waals surface area contributed by atoms with E-state index in [1.165, 1.54) is 41.8 Å². The van der Waals surface area contributed by atoms with Crippen molar-refractivity contribution in [2.75, 3.05) is 5.73 Å². The lowest BCUT2D eigenvalue weighted by Crippen LogP contribution is -2.10. The number of carbonyl (C=O) groups is 1. The lowest BCUT2D eigenvalue weighted by molar-refractivity contribution is -0.144. The molecule has 0 amide bonds. The molecule has 0 saturated heterocycles. The third kappa shape index (κ3) is 3.93. The molecule has 1 aliphatic carbocycles. The predicted molar refractivity (Wildman–Crippen MR) is 103 cm³/mol. The van der Waals surface area contributed by atoms with Crippen LogP contribution in [0.3, 0.4) is 0 Å². The Kier molecular flexibility index (Phi) is 5.03. The molecule has 1 aromatic carbocycles. The Morgan fingerprint density at radius 1 is 1.15 bits per heavy atom. The number of halogens is 1. The number of nitrogen functional groups attached to an aromatic ring is 1. The molecule has 0 radical (unpaired) electrons. The zero-order valence-electron chi connectivity index (χ0n) is 14.8. The molecule has 0 fully saturated rings. The van der Waals surface area contributed by atoms with Crippen LogP contribution in [0.2, 0.25) is 0 Å². The van der Waals surface area contributed by atoms with Crippen molar-refractivity contribution < 1.29 is 13.9 Å². The van der Waals surface area contributed by atoms with Gasteiger partial charge in [0.05, 0.1) is 11.8 Å². The summed E-state index contributed by atoms with van der Waals surface area (Å²) in [6.07, 6.45) is 5.77. The van der Waals surface area contributed by atoms with E-state index in [0.29, 0.717) is 17.2 Å². The molecule has 0 bridgehead atoms. The summed E-state index contributed by atoms with van der Waals surface area (Å²) in [5.74, 6) is 0.123. The smallest absolute Gasteiger partial charge is 0.310 e. The number of aromatic nitrogens is 2. The number of thiophene rings is 1. The Morgan fingerprint density at radius 2 is 1.93 bits per heavy atom. The van der Waals surface area contributed by atoms with Crippen molar-refractivity contribution in [1.29, 1.82) is 0 Å². The topological polar surface area (TPSA) is 78.1 Å². The van der Waals surface area contributed by atoms with Crippen LogP contribution in [0.1, 0.15) is 41.1 Å². The van der Waals surface area contributed by atoms with E-state index in [1.54, 1.807) is 23.5 Å². The molecule has 5 nitrogen and oxygen atoms in total. The van der Waals surface area contributed by atoms with Gasteiger partial charge >= 0.3 is 5.97 Å². The molecule has 2 heterocycles. The monoisotopic (exact) mass is 385 g/mol. The Balaban J connectivity index is 1.47. The molecule has 0 unspecified atom stereocenters. The van der Waals surface area contributed by atoms with Crippen molar-refractivity contribution in [2.24, 2.45) is 0 Å². The van der Waals surface area contributed by atoms with Gasteiger partial charge in [0, 0.05) is 4.88 Å². The molecule has 3 aromatic rings. The first-order chi connectivity index (χ1) is 13.1. The van der Waals surface area contributed by atoms with Crippen LogP contribution in [-0.2, 0) is 35.4 Å². The van der Waals surface area contributed by atoms with Gasteiger partial charge in [-0.15, -0.1) is 11.3 Å². The molecule has 0 spiro atoms. The maximum Gasteiger partial charge on any atom is 0.310 e. The van der Waals surface area contributed by atoms with Crippen LogP contribution in [0.5, 0.6) is 0 Å². The van der Waals surface area contributed by atoms with Crippen LogP contribution in [0.4, 0.5) is 10.2 Å². The summed E-state index contributed by atoms with van der Waals surface area (Å²) in [6.45, 7) is -0.0251. The molecule has 2 N–H and O–H groups in total. The third-order valence-electron chi connectivity index (χ3n) is 4.76. The van der Waals surface area contributed by atoms with Crippen molar-refractivity contribution in [3.63, 3.8) is 0 Å². The Labute approximate surface area is 160 Å². The summed E-state index contributed by atoms with van der Waals surface area (Å²) < 4.78 is 18.2. The van der Waals surface area contributed by atoms with E-state index in [0.717, 1.165) is 23.1 Å². The fourth-order valence-electron chi connectivity index (χ4n) is 3.44. The number of anilines is 1. The normalized spacial score (nSPS) is 14.0. The van der Waals surface area contributed by atoms with Gasteiger partial charge in [-0.3, -0.25) is 4.79 Å². The van der Waals surface area contributed by atoms with E-state index in [-0.39, 0.29) is 18.8 Å². The quantitative estimate of drug-likeness (QED) is 0.543. The standard InChI is InChI=1S/C20H20FN3O2S/c21-13-8-6-12(7-9-13)10-17(25)26-11-16-23-19(22)18-14-4-2-1-3-5-15(14)27-20(18)24-16/h6-9H,1-5,10-11H2,(H2,22,23,24). The third-order valence-corrected chi connectivity index (χ3v) is 5.95. The van der Waals surface area contributed by atoms with Crippen LogP contribution in [0, 0.1) is 5.82 Å². The van der Waals surface area contributed by atoms with Gasteiger partial charge < -0.3 is 10.5 Å². The number of rotatable bonds is 4. The second-order valence-corrected chi connectivity index (χ2v) is 7.82. The van der Waals surface area contributed by atoms with Gasteiger partial charge in [-0.2, -0.15) is 0 Å². The molecule has 7 heteroatoms. The Morgan fingerprint density at radius 3 is 2.74 bits per heavy atom. The first-order valence-corrected chi connectivity index (χ1v) is 9.88. The van der Waals surface area contributed by atoms with Gasteiger partial charge in [0.1, 0.15) is 16.5 Å². The van der Waals surface area contributed by atoms with E-state index >= 15 is 0 Å². The first kappa shape index (κ1) is 17.9. The van der Waals surface area contributed by atoms with Crippen molar-refractivity contribution in [3.8, 4) is 0 Å². The molecule has 1 aliphatic rings. The van der Waals surface area contributed by atoms with Crippen molar-refractivity contribution >= 4 is 33.3 Å². The number of benzene rings is 1. The second-order valence-electron chi connectivity index (χ2n) is 6.73. The Hall–Kier alpha value is -2.54. The number of esters is 1. The molecule has 0 aliphatic heterocycles. The summed E-state index contributed by atoms with van der Waals surface area (Å²) in [4.78, 5) is 23.2. The van der Waals surface area contributed by atoms with Crippen LogP contribution in [0.25, 0.3) is 10.2 Å². The summed E-state index contributed by atoms with van der Waals surface area (Å²) in [5, 5.41) is 0.971. The van der Waals surface area contributed by atoms with Crippen LogP contribution >= 0.6 is 11.3 Å². The van der Waals surface area contributed by atoms with Gasteiger partial charge in [-0.25, -0.2) is 14.4 Å². The molecule has 4 rings (SSSR count). The number of aryl methyl sites for hydroxylation is 2. The number of carbonyl (C=O) groups excluding carboxylic acids is 1. The average Bonchev–Trinajstić information content (AvgIpc) is 2.84. The minimum Gasteiger partial charge on any atom is -0.457 e. The summed E-state index contributed by atoms with van der Waals surface area (Å²) in [6, 6.07) is 5.77. The van der Waals surface area contributed by atoms with E-state index < -0.39 is 5.97 Å². The fourth-order valence-corrected chi connectivity index (χ4v) is 4.73. The zero-order valence-corrected chi connectivity index (χ0v) is 15.7. The molecule has 27 heavy (non-hydrogen) atoms. The number of nitrogens with two attached hydrogens (primary N) is 1. The lowest BCUT2D eigenvalue weighted by atomic mass is 10.1. The fraction of sp³-hybridized carbons (Fsp3) is 0.350. The number of fused-ring (bicyclic) bond motifs is 3.